The van der Waals surface area contributed by atoms with Crippen molar-refractivity contribution in [2.45, 2.75) is 18.4 Å². The molecule has 3 atom stereocenters. The van der Waals surface area contributed by atoms with Gasteiger partial charge in [-0.3, -0.25) is 0 Å². The van der Waals surface area contributed by atoms with Gasteiger partial charge in [0.1, 0.15) is 0 Å². The molecule has 2 aliphatic rings. The molecule has 0 fully saturated rings. The molecule has 0 unspecified atom stereocenters. The molecule has 3 nitrogen and oxygen atoms in total. The molecule has 1 aliphatic heterocycles. The van der Waals surface area contributed by atoms with Crippen LogP contribution in [0.4, 0.5) is 5.69 Å². The van der Waals surface area contributed by atoms with Crippen molar-refractivity contribution < 1.29 is 9.90 Å². The number of carboxylic acids is 1. The third-order valence-electron chi connectivity index (χ3n) is 4.80. The van der Waals surface area contributed by atoms with Gasteiger partial charge in [0, 0.05) is 11.6 Å². The van der Waals surface area contributed by atoms with Crippen LogP contribution in [-0.2, 0) is 0 Å². The zero-order valence-corrected chi connectivity index (χ0v) is 12.1. The average molecular weight is 291 g/mol. The predicted octanol–water partition coefficient (Wildman–Crippen LogP) is 4.21. The van der Waals surface area contributed by atoms with Gasteiger partial charge < -0.3 is 10.4 Å². The second-order valence-corrected chi connectivity index (χ2v) is 5.96. The maximum Gasteiger partial charge on any atom is 0.336 e. The van der Waals surface area contributed by atoms with Crippen molar-refractivity contribution in [3.8, 4) is 0 Å². The van der Waals surface area contributed by atoms with Crippen molar-refractivity contribution in [2.75, 3.05) is 5.32 Å². The van der Waals surface area contributed by atoms with Crippen molar-refractivity contribution >= 4 is 11.7 Å². The molecule has 0 saturated heterocycles. The fourth-order valence-corrected chi connectivity index (χ4v) is 3.81. The lowest BCUT2D eigenvalue weighted by atomic mass is 9.76. The molecule has 22 heavy (non-hydrogen) atoms. The summed E-state index contributed by atoms with van der Waals surface area (Å²) < 4.78 is 0. The summed E-state index contributed by atoms with van der Waals surface area (Å²) >= 11 is 0. The molecule has 0 radical (unpaired) electrons. The van der Waals surface area contributed by atoms with Gasteiger partial charge >= 0.3 is 5.97 Å². The molecule has 2 N–H and O–H groups in total. The summed E-state index contributed by atoms with van der Waals surface area (Å²) in [6.07, 6.45) is 5.46. The van der Waals surface area contributed by atoms with E-state index < -0.39 is 5.97 Å². The molecule has 0 saturated carbocycles. The Kier molecular flexibility index (Phi) is 3.00. The lowest BCUT2D eigenvalue weighted by Gasteiger charge is -2.38. The fraction of sp³-hybridized carbons (Fsp3) is 0.211. The van der Waals surface area contributed by atoms with Crippen LogP contribution >= 0.6 is 0 Å². The van der Waals surface area contributed by atoms with Gasteiger partial charge in [0.05, 0.1) is 11.6 Å². The summed E-state index contributed by atoms with van der Waals surface area (Å²) in [6.45, 7) is 0. The van der Waals surface area contributed by atoms with Crippen LogP contribution in [0.1, 0.15) is 39.9 Å². The Bertz CT molecular complexity index is 766. The smallest absolute Gasteiger partial charge is 0.336 e. The Morgan fingerprint density at radius 2 is 1.77 bits per heavy atom. The topological polar surface area (TPSA) is 49.3 Å². The number of fused-ring (bicyclic) bond motifs is 3. The summed E-state index contributed by atoms with van der Waals surface area (Å²) in [7, 11) is 0. The van der Waals surface area contributed by atoms with E-state index in [2.05, 4.69) is 35.7 Å². The molecule has 0 amide bonds. The first kappa shape index (κ1) is 13.1. The van der Waals surface area contributed by atoms with E-state index in [0.29, 0.717) is 17.4 Å². The van der Waals surface area contributed by atoms with Crippen molar-refractivity contribution in [1.29, 1.82) is 0 Å². The number of benzene rings is 2. The van der Waals surface area contributed by atoms with Crippen LogP contribution in [0.15, 0.2) is 60.7 Å². The third-order valence-corrected chi connectivity index (χ3v) is 4.80. The van der Waals surface area contributed by atoms with Gasteiger partial charge in [-0.2, -0.15) is 0 Å². The number of allylic oxidation sites excluding steroid dienone is 2. The number of para-hydroxylation sites is 1. The fourth-order valence-electron chi connectivity index (χ4n) is 3.81. The summed E-state index contributed by atoms with van der Waals surface area (Å²) in [4.78, 5) is 11.6. The first-order valence-corrected chi connectivity index (χ1v) is 7.60. The zero-order chi connectivity index (χ0) is 15.1. The Balaban J connectivity index is 1.83. The maximum atomic E-state index is 11.6. The van der Waals surface area contributed by atoms with Crippen LogP contribution in [0.25, 0.3) is 0 Å². The monoisotopic (exact) mass is 291 g/mol. The van der Waals surface area contributed by atoms with Crippen LogP contribution in [0, 0.1) is 5.92 Å². The van der Waals surface area contributed by atoms with Gasteiger partial charge in [-0.15, -0.1) is 0 Å². The van der Waals surface area contributed by atoms with Crippen molar-refractivity contribution in [3.05, 3.63) is 77.4 Å². The standard InChI is InChI=1S/C19H17NO2/c21-19(22)16-8-2-1-7-15(16)18-14-10-5-9-12(14)13-6-3-4-11-17(13)20-18/h1-9,11-12,14,18,20H,10H2,(H,21,22)/t12-,14+,18-/m1/s1. The summed E-state index contributed by atoms with van der Waals surface area (Å²) in [5.74, 6) is -0.126. The third kappa shape index (κ3) is 1.93. The van der Waals surface area contributed by atoms with Gasteiger partial charge in [0.25, 0.3) is 0 Å². The Morgan fingerprint density at radius 3 is 2.59 bits per heavy atom. The molecule has 0 aromatic heterocycles. The van der Waals surface area contributed by atoms with Crippen LogP contribution in [-0.4, -0.2) is 11.1 Å². The first-order valence-electron chi connectivity index (χ1n) is 7.60. The van der Waals surface area contributed by atoms with Crippen molar-refractivity contribution in [1.82, 2.24) is 0 Å². The van der Waals surface area contributed by atoms with E-state index in [1.165, 1.54) is 5.56 Å². The van der Waals surface area contributed by atoms with Gasteiger partial charge in [-0.25, -0.2) is 4.79 Å². The molecule has 2 aromatic carbocycles. The molecular formula is C19H17NO2. The quantitative estimate of drug-likeness (QED) is 0.815. The highest BCUT2D eigenvalue weighted by molar-refractivity contribution is 5.89. The van der Waals surface area contributed by atoms with E-state index in [-0.39, 0.29) is 6.04 Å². The zero-order valence-electron chi connectivity index (χ0n) is 12.1. The minimum atomic E-state index is -0.862. The summed E-state index contributed by atoms with van der Waals surface area (Å²) in [5, 5.41) is 13.1. The Morgan fingerprint density at radius 1 is 1.05 bits per heavy atom. The average Bonchev–Trinajstić information content (AvgIpc) is 3.04. The Hall–Kier alpha value is -2.55. The largest absolute Gasteiger partial charge is 0.478 e. The van der Waals surface area contributed by atoms with Crippen molar-refractivity contribution in [3.63, 3.8) is 0 Å². The number of nitrogens with one attached hydrogen (secondary N) is 1. The molecule has 4 rings (SSSR count). The van der Waals surface area contributed by atoms with Gasteiger partial charge in [0.15, 0.2) is 0 Å². The molecule has 1 aliphatic carbocycles. The van der Waals surface area contributed by atoms with Gasteiger partial charge in [0.2, 0.25) is 0 Å². The van der Waals surface area contributed by atoms with E-state index in [1.54, 1.807) is 12.1 Å². The molecule has 2 aromatic rings. The van der Waals surface area contributed by atoms with E-state index in [1.807, 2.05) is 18.2 Å². The second kappa shape index (κ2) is 5.02. The summed E-state index contributed by atoms with van der Waals surface area (Å²) in [6, 6.07) is 15.7. The van der Waals surface area contributed by atoms with E-state index in [9.17, 15) is 9.90 Å². The van der Waals surface area contributed by atoms with Crippen LogP contribution < -0.4 is 5.32 Å². The van der Waals surface area contributed by atoms with Crippen LogP contribution in [0.3, 0.4) is 0 Å². The van der Waals surface area contributed by atoms with E-state index in [4.69, 9.17) is 0 Å². The SMILES string of the molecule is O=C(O)c1ccccc1[C@@H]1Nc2ccccc2[C@H]2C=CC[C@@H]21. The molecule has 0 bridgehead atoms. The normalized spacial score (nSPS) is 25.2. The number of aromatic carboxylic acids is 1. The Labute approximate surface area is 129 Å². The van der Waals surface area contributed by atoms with Crippen LogP contribution in [0.5, 0.6) is 0 Å². The predicted molar refractivity (Wildman–Crippen MR) is 86.2 cm³/mol. The second-order valence-electron chi connectivity index (χ2n) is 5.96. The van der Waals surface area contributed by atoms with E-state index >= 15 is 0 Å². The van der Waals surface area contributed by atoms with Gasteiger partial charge in [-0.1, -0.05) is 48.6 Å². The number of hydrogen-bond acceptors (Lipinski definition) is 2. The first-order chi connectivity index (χ1) is 10.8. The van der Waals surface area contributed by atoms with Crippen LogP contribution in [0.2, 0.25) is 0 Å². The molecular weight excluding hydrogens is 274 g/mol. The summed E-state index contributed by atoms with van der Waals surface area (Å²) in [5.41, 5.74) is 3.69. The lowest BCUT2D eigenvalue weighted by molar-refractivity contribution is 0.0694. The highest BCUT2D eigenvalue weighted by Gasteiger charge is 2.38. The molecule has 1 heterocycles. The molecule has 3 heteroatoms. The number of rotatable bonds is 2. The highest BCUT2D eigenvalue weighted by atomic mass is 16.4. The number of carbonyl (C=O) groups is 1. The lowest BCUT2D eigenvalue weighted by Crippen LogP contribution is -2.30. The minimum Gasteiger partial charge on any atom is -0.478 e. The number of carboxylic acid groups (broad SMARTS) is 1. The number of hydrogen-bond donors (Lipinski definition) is 2. The number of anilines is 1. The molecule has 110 valence electrons. The van der Waals surface area contributed by atoms with Gasteiger partial charge in [-0.05, 0) is 35.6 Å². The van der Waals surface area contributed by atoms with E-state index in [0.717, 1.165) is 17.7 Å². The molecule has 0 spiro atoms. The van der Waals surface area contributed by atoms with Crippen molar-refractivity contribution in [2.24, 2.45) is 5.92 Å². The minimum absolute atomic E-state index is 0.0298. The highest BCUT2D eigenvalue weighted by Crippen LogP contribution is 2.50. The maximum absolute atomic E-state index is 11.6.